The molecule has 0 aliphatic heterocycles. The summed E-state index contributed by atoms with van der Waals surface area (Å²) in [5.74, 6) is -4.12. The maximum Gasteiger partial charge on any atom is 0.324 e. The number of nitrogens with zero attached hydrogens (tertiary/aromatic N) is 2. The second-order valence-electron chi connectivity index (χ2n) is 3.94. The molecule has 0 atom stereocenters. The fraction of sp³-hybridized carbons (Fsp3) is 0.364. The van der Waals surface area contributed by atoms with E-state index in [0.717, 1.165) is 4.57 Å². The van der Waals surface area contributed by atoms with Crippen LogP contribution in [0.2, 0.25) is 0 Å². The molecule has 0 aliphatic carbocycles. The summed E-state index contributed by atoms with van der Waals surface area (Å²) < 4.78 is 52.7. The minimum absolute atomic E-state index is 0.133. The summed E-state index contributed by atoms with van der Waals surface area (Å²) in [6.07, 6.45) is -3.73. The van der Waals surface area contributed by atoms with Crippen molar-refractivity contribution >= 4 is 38.6 Å². The van der Waals surface area contributed by atoms with Crippen LogP contribution in [0.4, 0.5) is 17.6 Å². The van der Waals surface area contributed by atoms with Crippen molar-refractivity contribution in [1.82, 2.24) is 9.55 Å². The first-order valence-corrected chi connectivity index (χ1v) is 6.54. The lowest BCUT2D eigenvalue weighted by Crippen LogP contribution is -2.32. The van der Waals surface area contributed by atoms with E-state index in [1.807, 2.05) is 0 Å². The van der Waals surface area contributed by atoms with E-state index in [-0.39, 0.29) is 11.7 Å². The number of aromatic nitrogens is 2. The topological polar surface area (TPSA) is 17.8 Å². The minimum atomic E-state index is -4.12. The fourth-order valence-electron chi connectivity index (χ4n) is 1.71. The van der Waals surface area contributed by atoms with E-state index in [1.54, 1.807) is 12.1 Å². The Morgan fingerprint density at radius 3 is 2.63 bits per heavy atom. The SMILES string of the molecule is FC(F)C(F)(F)Cn1c(CCl)nc2cc(Br)ccc21. The van der Waals surface area contributed by atoms with Crippen LogP contribution < -0.4 is 0 Å². The summed E-state index contributed by atoms with van der Waals surface area (Å²) in [6.45, 7) is -1.15. The maximum atomic E-state index is 13.2. The van der Waals surface area contributed by atoms with Crippen molar-refractivity contribution in [3.8, 4) is 0 Å². The zero-order valence-corrected chi connectivity index (χ0v) is 11.7. The Bertz CT molecular complexity index is 600. The zero-order valence-electron chi connectivity index (χ0n) is 9.39. The van der Waals surface area contributed by atoms with Crippen LogP contribution in [0, 0.1) is 0 Å². The molecule has 0 saturated heterocycles. The third-order valence-electron chi connectivity index (χ3n) is 2.60. The lowest BCUT2D eigenvalue weighted by Gasteiger charge is -2.17. The molecule has 2 nitrogen and oxygen atoms in total. The van der Waals surface area contributed by atoms with Gasteiger partial charge in [0.1, 0.15) is 5.82 Å². The summed E-state index contributed by atoms with van der Waals surface area (Å²) in [5, 5.41) is 0. The van der Waals surface area contributed by atoms with Gasteiger partial charge in [-0.15, -0.1) is 11.6 Å². The number of halogens is 6. The molecule has 0 N–H and O–H groups in total. The Morgan fingerprint density at radius 1 is 1.37 bits per heavy atom. The van der Waals surface area contributed by atoms with Gasteiger partial charge in [-0.1, -0.05) is 15.9 Å². The van der Waals surface area contributed by atoms with Crippen molar-refractivity contribution in [2.24, 2.45) is 0 Å². The zero-order chi connectivity index (χ0) is 14.2. The molecule has 0 unspecified atom stereocenters. The summed E-state index contributed by atoms with van der Waals surface area (Å²) in [4.78, 5) is 4.06. The molecule has 0 saturated carbocycles. The third kappa shape index (κ3) is 2.86. The largest absolute Gasteiger partial charge is 0.324 e. The normalized spacial score (nSPS) is 12.6. The van der Waals surface area contributed by atoms with Crippen LogP contribution >= 0.6 is 27.5 Å². The van der Waals surface area contributed by atoms with Crippen molar-refractivity contribution in [1.29, 1.82) is 0 Å². The van der Waals surface area contributed by atoms with Crippen molar-refractivity contribution < 1.29 is 17.6 Å². The maximum absolute atomic E-state index is 13.2. The minimum Gasteiger partial charge on any atom is -0.321 e. The Labute approximate surface area is 119 Å². The summed E-state index contributed by atoms with van der Waals surface area (Å²) >= 11 is 8.85. The van der Waals surface area contributed by atoms with Crippen LogP contribution in [0.5, 0.6) is 0 Å². The molecule has 19 heavy (non-hydrogen) atoms. The van der Waals surface area contributed by atoms with Crippen molar-refractivity contribution in [3.05, 3.63) is 28.5 Å². The highest BCUT2D eigenvalue weighted by Crippen LogP contribution is 2.29. The Hall–Kier alpha value is -0.820. The van der Waals surface area contributed by atoms with Gasteiger partial charge in [-0.2, -0.15) is 8.78 Å². The van der Waals surface area contributed by atoms with Gasteiger partial charge >= 0.3 is 12.3 Å². The highest BCUT2D eigenvalue weighted by molar-refractivity contribution is 9.10. The highest BCUT2D eigenvalue weighted by atomic mass is 79.9. The lowest BCUT2D eigenvalue weighted by molar-refractivity contribution is -0.137. The third-order valence-corrected chi connectivity index (χ3v) is 3.33. The van der Waals surface area contributed by atoms with E-state index in [9.17, 15) is 17.6 Å². The van der Waals surface area contributed by atoms with E-state index in [0.29, 0.717) is 15.5 Å². The summed E-state index contributed by atoms with van der Waals surface area (Å²) in [6, 6.07) is 4.77. The molecule has 1 aromatic heterocycles. The second kappa shape index (κ2) is 5.28. The number of benzene rings is 1. The standard InChI is InChI=1S/C11H8BrClF4N2/c12-6-1-2-8-7(3-6)18-9(4-13)19(8)5-11(16,17)10(14)15/h1-3,10H,4-5H2. The second-order valence-corrected chi connectivity index (χ2v) is 5.13. The quantitative estimate of drug-likeness (QED) is 0.583. The van der Waals surface area contributed by atoms with Gasteiger partial charge in [0.15, 0.2) is 0 Å². The van der Waals surface area contributed by atoms with Gasteiger partial charge in [0, 0.05) is 4.47 Å². The van der Waals surface area contributed by atoms with Gasteiger partial charge in [0.2, 0.25) is 0 Å². The van der Waals surface area contributed by atoms with Crippen molar-refractivity contribution in [2.75, 3.05) is 0 Å². The van der Waals surface area contributed by atoms with E-state index in [1.165, 1.54) is 6.07 Å². The molecule has 0 spiro atoms. The number of alkyl halides is 5. The van der Waals surface area contributed by atoms with Crippen molar-refractivity contribution in [3.63, 3.8) is 0 Å². The highest BCUT2D eigenvalue weighted by Gasteiger charge is 2.41. The van der Waals surface area contributed by atoms with Crippen LogP contribution in [-0.4, -0.2) is 21.9 Å². The van der Waals surface area contributed by atoms with Gasteiger partial charge in [0.25, 0.3) is 0 Å². The van der Waals surface area contributed by atoms with Gasteiger partial charge in [-0.25, -0.2) is 13.8 Å². The predicted molar refractivity (Wildman–Crippen MR) is 67.9 cm³/mol. The summed E-state index contributed by atoms with van der Waals surface area (Å²) in [5.41, 5.74) is 0.772. The molecule has 1 heterocycles. The monoisotopic (exact) mass is 358 g/mol. The van der Waals surface area contributed by atoms with Crippen LogP contribution in [0.1, 0.15) is 5.82 Å². The van der Waals surface area contributed by atoms with Crippen molar-refractivity contribution in [2.45, 2.75) is 24.8 Å². The first-order valence-electron chi connectivity index (χ1n) is 5.22. The predicted octanol–water partition coefficient (Wildman–Crippen LogP) is 4.44. The Balaban J connectivity index is 2.52. The molecular weight excluding hydrogens is 351 g/mol. The van der Waals surface area contributed by atoms with E-state index in [2.05, 4.69) is 20.9 Å². The molecule has 1 aromatic carbocycles. The van der Waals surface area contributed by atoms with Gasteiger partial charge in [-0.3, -0.25) is 0 Å². The average Bonchev–Trinajstić information content (AvgIpc) is 2.65. The van der Waals surface area contributed by atoms with Crippen LogP contribution in [0.25, 0.3) is 11.0 Å². The first-order chi connectivity index (χ1) is 8.85. The van der Waals surface area contributed by atoms with Crippen LogP contribution in [0.15, 0.2) is 22.7 Å². The van der Waals surface area contributed by atoms with Crippen LogP contribution in [0.3, 0.4) is 0 Å². The molecule has 104 valence electrons. The van der Waals surface area contributed by atoms with Gasteiger partial charge < -0.3 is 4.57 Å². The van der Waals surface area contributed by atoms with E-state index >= 15 is 0 Å². The van der Waals surface area contributed by atoms with Gasteiger partial charge in [0.05, 0.1) is 23.5 Å². The Morgan fingerprint density at radius 2 is 2.05 bits per heavy atom. The molecule has 2 aromatic rings. The number of hydrogen-bond acceptors (Lipinski definition) is 1. The Kier molecular flexibility index (Phi) is 4.06. The molecular formula is C11H8BrClF4N2. The average molecular weight is 360 g/mol. The molecule has 0 fully saturated rings. The molecule has 0 bridgehead atoms. The number of rotatable bonds is 4. The smallest absolute Gasteiger partial charge is 0.321 e. The van der Waals surface area contributed by atoms with Crippen LogP contribution in [-0.2, 0) is 12.4 Å². The molecule has 0 aliphatic rings. The number of hydrogen-bond donors (Lipinski definition) is 0. The lowest BCUT2D eigenvalue weighted by atomic mass is 10.3. The fourth-order valence-corrected chi connectivity index (χ4v) is 2.26. The number of imidazole rings is 1. The first kappa shape index (κ1) is 14.6. The van der Waals surface area contributed by atoms with E-state index < -0.39 is 18.9 Å². The molecule has 0 amide bonds. The molecule has 8 heteroatoms. The van der Waals surface area contributed by atoms with Gasteiger partial charge in [-0.05, 0) is 18.2 Å². The molecule has 2 rings (SSSR count). The number of fused-ring (bicyclic) bond motifs is 1. The molecule has 0 radical (unpaired) electrons. The van der Waals surface area contributed by atoms with E-state index in [4.69, 9.17) is 11.6 Å². The summed E-state index contributed by atoms with van der Waals surface area (Å²) in [7, 11) is 0.